The Morgan fingerprint density at radius 3 is 2.23 bits per heavy atom. The molecule has 2 heterocycles. The van der Waals surface area contributed by atoms with Gasteiger partial charge in [-0.15, -0.1) is 11.3 Å². The standard InChI is InChI=1S/C19H18N2O3S2/c1-3-16(22)19-17(13-4-6-15(7-5-13)26(20,23)24)12(2)18(25-19)14-8-10-21-11-9-14/h4-11H,3H2,1-2H3,(H2,20,23,24). The molecule has 0 atom stereocenters. The van der Waals surface area contributed by atoms with Gasteiger partial charge in [0.2, 0.25) is 10.0 Å². The summed E-state index contributed by atoms with van der Waals surface area (Å²) in [6.45, 7) is 3.80. The average molecular weight is 386 g/mol. The highest BCUT2D eigenvalue weighted by atomic mass is 32.2. The Morgan fingerprint density at radius 1 is 1.08 bits per heavy atom. The molecule has 0 aliphatic rings. The number of carbonyl (C=O) groups excluding carboxylic acids is 1. The third kappa shape index (κ3) is 3.46. The topological polar surface area (TPSA) is 90.1 Å². The van der Waals surface area contributed by atoms with E-state index < -0.39 is 10.0 Å². The molecule has 0 radical (unpaired) electrons. The van der Waals surface area contributed by atoms with Gasteiger partial charge in [0.15, 0.2) is 5.78 Å². The Hall–Kier alpha value is -2.35. The van der Waals surface area contributed by atoms with Crippen molar-refractivity contribution in [3.63, 3.8) is 0 Å². The quantitative estimate of drug-likeness (QED) is 0.671. The first kappa shape index (κ1) is 18.4. The van der Waals surface area contributed by atoms with E-state index in [1.165, 1.54) is 23.5 Å². The molecule has 2 N–H and O–H groups in total. The van der Waals surface area contributed by atoms with Gasteiger partial charge in [0, 0.05) is 29.3 Å². The zero-order valence-electron chi connectivity index (χ0n) is 14.4. The van der Waals surface area contributed by atoms with Crippen LogP contribution >= 0.6 is 11.3 Å². The van der Waals surface area contributed by atoms with E-state index in [-0.39, 0.29) is 10.7 Å². The van der Waals surface area contributed by atoms with E-state index in [1.54, 1.807) is 24.5 Å². The SMILES string of the molecule is CCC(=O)c1sc(-c2ccncc2)c(C)c1-c1ccc(S(N)(=O)=O)cc1. The molecule has 26 heavy (non-hydrogen) atoms. The number of primary sulfonamides is 1. The first-order valence-electron chi connectivity index (χ1n) is 8.03. The second-order valence-electron chi connectivity index (χ2n) is 5.84. The van der Waals surface area contributed by atoms with Gasteiger partial charge in [-0.3, -0.25) is 9.78 Å². The Morgan fingerprint density at radius 2 is 1.69 bits per heavy atom. The molecule has 0 saturated heterocycles. The van der Waals surface area contributed by atoms with Gasteiger partial charge in [0.05, 0.1) is 9.77 Å². The number of sulfonamides is 1. The van der Waals surface area contributed by atoms with Crippen molar-refractivity contribution >= 4 is 27.1 Å². The van der Waals surface area contributed by atoms with Crippen LogP contribution in [0, 0.1) is 6.92 Å². The number of Topliss-reactive ketones (excluding diaryl/α,β-unsaturated/α-hetero) is 1. The number of benzene rings is 1. The van der Waals surface area contributed by atoms with Crippen LogP contribution in [-0.4, -0.2) is 19.2 Å². The van der Waals surface area contributed by atoms with Crippen LogP contribution in [0.5, 0.6) is 0 Å². The Bertz CT molecular complexity index is 1050. The van der Waals surface area contributed by atoms with Crippen molar-refractivity contribution in [2.75, 3.05) is 0 Å². The van der Waals surface area contributed by atoms with E-state index >= 15 is 0 Å². The van der Waals surface area contributed by atoms with Crippen molar-refractivity contribution in [2.24, 2.45) is 5.14 Å². The monoisotopic (exact) mass is 386 g/mol. The Labute approximate surface area is 156 Å². The molecule has 0 aliphatic carbocycles. The number of hydrogen-bond acceptors (Lipinski definition) is 5. The Kier molecular flexibility index (Phi) is 5.04. The molecule has 3 aromatic rings. The minimum Gasteiger partial charge on any atom is -0.293 e. The van der Waals surface area contributed by atoms with Crippen molar-refractivity contribution in [1.29, 1.82) is 0 Å². The van der Waals surface area contributed by atoms with Crippen molar-refractivity contribution < 1.29 is 13.2 Å². The Balaban J connectivity index is 2.20. The van der Waals surface area contributed by atoms with E-state index in [0.717, 1.165) is 27.1 Å². The van der Waals surface area contributed by atoms with Crippen LogP contribution in [0.3, 0.4) is 0 Å². The van der Waals surface area contributed by atoms with E-state index in [2.05, 4.69) is 4.98 Å². The van der Waals surface area contributed by atoms with Gasteiger partial charge in [0.25, 0.3) is 0 Å². The van der Waals surface area contributed by atoms with Crippen LogP contribution in [-0.2, 0) is 10.0 Å². The summed E-state index contributed by atoms with van der Waals surface area (Å²) in [6.07, 6.45) is 3.84. The predicted octanol–water partition coefficient (Wildman–Crippen LogP) is 4.03. The van der Waals surface area contributed by atoms with Crippen molar-refractivity contribution in [1.82, 2.24) is 4.98 Å². The molecule has 3 rings (SSSR count). The highest BCUT2D eigenvalue weighted by molar-refractivity contribution is 7.89. The van der Waals surface area contributed by atoms with E-state index in [9.17, 15) is 13.2 Å². The van der Waals surface area contributed by atoms with Gasteiger partial charge >= 0.3 is 0 Å². The van der Waals surface area contributed by atoms with Crippen LogP contribution in [0.15, 0.2) is 53.7 Å². The summed E-state index contributed by atoms with van der Waals surface area (Å²) in [5.41, 5.74) is 3.62. The molecule has 0 amide bonds. The third-order valence-electron chi connectivity index (χ3n) is 4.14. The first-order chi connectivity index (χ1) is 12.3. The van der Waals surface area contributed by atoms with Crippen LogP contribution < -0.4 is 5.14 Å². The lowest BCUT2D eigenvalue weighted by molar-refractivity contribution is 0.0992. The second kappa shape index (κ2) is 7.11. The van der Waals surface area contributed by atoms with Gasteiger partial charge in [-0.05, 0) is 47.9 Å². The smallest absolute Gasteiger partial charge is 0.238 e. The number of nitrogens with two attached hydrogens (primary N) is 1. The normalized spacial score (nSPS) is 11.5. The summed E-state index contributed by atoms with van der Waals surface area (Å²) in [6, 6.07) is 10.1. The number of carbonyl (C=O) groups is 1. The number of rotatable bonds is 5. The molecule has 5 nitrogen and oxygen atoms in total. The number of aromatic nitrogens is 1. The maximum absolute atomic E-state index is 12.5. The number of pyridine rings is 1. The summed E-state index contributed by atoms with van der Waals surface area (Å²) < 4.78 is 23.0. The number of ketones is 1. The number of hydrogen-bond donors (Lipinski definition) is 1. The minimum atomic E-state index is -3.75. The molecule has 0 spiro atoms. The van der Waals surface area contributed by atoms with E-state index in [1.807, 2.05) is 26.0 Å². The lowest BCUT2D eigenvalue weighted by Crippen LogP contribution is -2.11. The average Bonchev–Trinajstić information content (AvgIpc) is 2.98. The fourth-order valence-corrected chi connectivity index (χ4v) is 4.67. The van der Waals surface area contributed by atoms with Gasteiger partial charge in [-0.2, -0.15) is 0 Å². The molecule has 1 aromatic carbocycles. The van der Waals surface area contributed by atoms with Crippen LogP contribution in [0.4, 0.5) is 0 Å². The van der Waals surface area contributed by atoms with Crippen molar-refractivity contribution in [3.8, 4) is 21.6 Å². The number of thiophene rings is 1. The highest BCUT2D eigenvalue weighted by Gasteiger charge is 2.22. The molecule has 7 heteroatoms. The molecule has 0 unspecified atom stereocenters. The highest BCUT2D eigenvalue weighted by Crippen LogP contribution is 2.42. The third-order valence-corrected chi connectivity index (χ3v) is 6.45. The molecular weight excluding hydrogens is 368 g/mol. The molecule has 0 fully saturated rings. The lowest BCUT2D eigenvalue weighted by atomic mass is 9.97. The number of nitrogens with zero attached hydrogens (tertiary/aromatic N) is 1. The molecule has 0 aliphatic heterocycles. The molecule has 134 valence electrons. The van der Waals surface area contributed by atoms with Gasteiger partial charge in [-0.25, -0.2) is 13.6 Å². The zero-order valence-corrected chi connectivity index (χ0v) is 16.0. The second-order valence-corrected chi connectivity index (χ2v) is 8.42. The summed E-state index contributed by atoms with van der Waals surface area (Å²) in [4.78, 5) is 18.3. The minimum absolute atomic E-state index is 0.0480. The van der Waals surface area contributed by atoms with Crippen molar-refractivity contribution in [3.05, 3.63) is 59.2 Å². The van der Waals surface area contributed by atoms with Gasteiger partial charge in [0.1, 0.15) is 0 Å². The maximum Gasteiger partial charge on any atom is 0.238 e. The molecule has 0 bridgehead atoms. The van der Waals surface area contributed by atoms with Crippen molar-refractivity contribution in [2.45, 2.75) is 25.2 Å². The lowest BCUT2D eigenvalue weighted by Gasteiger charge is -2.06. The summed E-state index contributed by atoms with van der Waals surface area (Å²) in [7, 11) is -3.75. The van der Waals surface area contributed by atoms with Crippen LogP contribution in [0.2, 0.25) is 0 Å². The van der Waals surface area contributed by atoms with E-state index in [0.29, 0.717) is 11.3 Å². The maximum atomic E-state index is 12.5. The molecule has 2 aromatic heterocycles. The fraction of sp³-hybridized carbons (Fsp3) is 0.158. The first-order valence-corrected chi connectivity index (χ1v) is 10.4. The fourth-order valence-electron chi connectivity index (χ4n) is 2.81. The van der Waals surface area contributed by atoms with Gasteiger partial charge in [-0.1, -0.05) is 19.1 Å². The zero-order chi connectivity index (χ0) is 18.9. The van der Waals surface area contributed by atoms with Crippen LogP contribution in [0.1, 0.15) is 28.6 Å². The molecule has 0 saturated carbocycles. The van der Waals surface area contributed by atoms with E-state index in [4.69, 9.17) is 5.14 Å². The summed E-state index contributed by atoms with van der Waals surface area (Å²) >= 11 is 1.46. The molecular formula is C19H18N2O3S2. The van der Waals surface area contributed by atoms with Crippen LogP contribution in [0.25, 0.3) is 21.6 Å². The summed E-state index contributed by atoms with van der Waals surface area (Å²) in [5, 5.41) is 5.17. The largest absolute Gasteiger partial charge is 0.293 e. The summed E-state index contributed by atoms with van der Waals surface area (Å²) in [5.74, 6) is 0.0592. The van der Waals surface area contributed by atoms with Gasteiger partial charge < -0.3 is 0 Å². The predicted molar refractivity (Wildman–Crippen MR) is 104 cm³/mol.